The fraction of sp³-hybridized carbons (Fsp3) is 0.324. The number of carbonyl (C=O) groups excluding carboxylic acids is 1. The van der Waals surface area contributed by atoms with E-state index in [0.29, 0.717) is 63.7 Å². The second-order valence-electron chi connectivity index (χ2n) is 11.6. The Labute approximate surface area is 269 Å². The molecule has 0 aliphatic carbocycles. The standard InChI is InChI=1S/C34H33ClF2N4O3S/c1-4-44-24-11-12-27(35)30(14-24)41-29(13-19(2)3)25(33(42)40-16-22-9-10-23(17-40)38-22)15-26(34(41)43)32-39-28(18-45-32)20-5-7-21(8-6-20)31(36)37/h5-8,11-15,18,22-23,31,38H,4,9-10,16-17H2,1-3H3/t22-,23+. The van der Waals surface area contributed by atoms with Crippen LogP contribution in [0.2, 0.25) is 5.02 Å². The molecule has 2 aliphatic rings. The van der Waals surface area contributed by atoms with Gasteiger partial charge in [-0.2, -0.15) is 0 Å². The van der Waals surface area contributed by atoms with E-state index in [1.54, 1.807) is 41.8 Å². The van der Waals surface area contributed by atoms with Crippen molar-refractivity contribution >= 4 is 34.9 Å². The SMILES string of the molecule is CCOc1ccc(Cl)c(-n2c(C=C(C)C)c(C(=O)N3C[C@H]4CC[C@@H](C3)N4)cc(-c3nc(-c4ccc(C(F)F)cc4)cs3)c2=O)c1. The lowest BCUT2D eigenvalue weighted by Crippen LogP contribution is -2.53. The van der Waals surface area contributed by atoms with Crippen molar-refractivity contribution in [1.29, 1.82) is 0 Å². The number of hydrogen-bond acceptors (Lipinski definition) is 6. The van der Waals surface area contributed by atoms with Crippen molar-refractivity contribution < 1.29 is 18.3 Å². The highest BCUT2D eigenvalue weighted by molar-refractivity contribution is 7.13. The highest BCUT2D eigenvalue weighted by Crippen LogP contribution is 2.34. The number of hydrogen-bond donors (Lipinski definition) is 1. The highest BCUT2D eigenvalue weighted by atomic mass is 35.5. The first-order valence-electron chi connectivity index (χ1n) is 14.9. The number of aromatic nitrogens is 2. The maximum absolute atomic E-state index is 14.5. The van der Waals surface area contributed by atoms with E-state index < -0.39 is 12.0 Å². The third-order valence-electron chi connectivity index (χ3n) is 8.06. The number of carbonyl (C=O) groups is 1. The molecule has 4 aromatic rings. The summed E-state index contributed by atoms with van der Waals surface area (Å²) in [5.74, 6) is 0.361. The Balaban J connectivity index is 1.55. The van der Waals surface area contributed by atoms with Crippen molar-refractivity contribution in [3.63, 3.8) is 0 Å². The van der Waals surface area contributed by atoms with Gasteiger partial charge in [0.25, 0.3) is 17.9 Å². The Bertz CT molecular complexity index is 1820. The van der Waals surface area contributed by atoms with Gasteiger partial charge in [0.2, 0.25) is 0 Å². The lowest BCUT2D eigenvalue weighted by Gasteiger charge is -2.33. The van der Waals surface area contributed by atoms with Crippen LogP contribution in [0.4, 0.5) is 8.78 Å². The summed E-state index contributed by atoms with van der Waals surface area (Å²) in [6.45, 7) is 7.27. The predicted molar refractivity (Wildman–Crippen MR) is 175 cm³/mol. The number of piperazine rings is 1. The maximum Gasteiger partial charge on any atom is 0.265 e. The zero-order valence-corrected chi connectivity index (χ0v) is 26.7. The summed E-state index contributed by atoms with van der Waals surface area (Å²) in [6.07, 6.45) is 1.29. The molecule has 45 heavy (non-hydrogen) atoms. The van der Waals surface area contributed by atoms with E-state index in [0.717, 1.165) is 18.4 Å². The Hall–Kier alpha value is -3.86. The average Bonchev–Trinajstić information content (AvgIpc) is 3.64. The Kier molecular flexibility index (Phi) is 8.90. The van der Waals surface area contributed by atoms with E-state index in [-0.39, 0.29) is 29.1 Å². The molecule has 2 fully saturated rings. The fourth-order valence-electron chi connectivity index (χ4n) is 5.99. The molecule has 0 saturated carbocycles. The number of nitrogens with zero attached hydrogens (tertiary/aromatic N) is 3. The van der Waals surface area contributed by atoms with Crippen LogP contribution in [0.1, 0.15) is 61.7 Å². The quantitative estimate of drug-likeness (QED) is 0.212. The van der Waals surface area contributed by atoms with Gasteiger partial charge in [-0.15, -0.1) is 11.3 Å². The van der Waals surface area contributed by atoms with E-state index >= 15 is 0 Å². The first-order chi connectivity index (χ1) is 21.6. The van der Waals surface area contributed by atoms with Gasteiger partial charge in [0.05, 0.1) is 39.8 Å². The number of fused-ring (bicyclic) bond motifs is 2. The van der Waals surface area contributed by atoms with Gasteiger partial charge in [-0.05, 0) is 57.9 Å². The van der Waals surface area contributed by atoms with Crippen LogP contribution in [0.15, 0.2) is 64.3 Å². The van der Waals surface area contributed by atoms with E-state index in [1.165, 1.54) is 28.0 Å². The molecular formula is C34H33ClF2N4O3S. The normalized spacial score (nSPS) is 17.5. The largest absolute Gasteiger partial charge is 0.494 e. The van der Waals surface area contributed by atoms with E-state index in [9.17, 15) is 18.4 Å². The van der Waals surface area contributed by atoms with Gasteiger partial charge in [-0.1, -0.05) is 41.4 Å². The second kappa shape index (κ2) is 12.9. The molecule has 2 saturated heterocycles. The summed E-state index contributed by atoms with van der Waals surface area (Å²) < 4.78 is 33.5. The van der Waals surface area contributed by atoms with E-state index in [1.807, 2.05) is 31.7 Å². The molecule has 7 nitrogen and oxygen atoms in total. The van der Waals surface area contributed by atoms with E-state index in [2.05, 4.69) is 5.32 Å². The molecule has 2 aromatic carbocycles. The Morgan fingerprint density at radius 2 is 1.84 bits per heavy atom. The number of pyridine rings is 1. The molecule has 2 aliphatic heterocycles. The average molecular weight is 651 g/mol. The first kappa shape index (κ1) is 31.1. The van der Waals surface area contributed by atoms with Crippen LogP contribution in [0, 0.1) is 0 Å². The molecule has 4 heterocycles. The molecule has 0 unspecified atom stereocenters. The van der Waals surface area contributed by atoms with Gasteiger partial charge >= 0.3 is 0 Å². The molecule has 11 heteroatoms. The van der Waals surface area contributed by atoms with Crippen LogP contribution in [0.5, 0.6) is 5.75 Å². The monoisotopic (exact) mass is 650 g/mol. The lowest BCUT2D eigenvalue weighted by atomic mass is 10.0. The minimum Gasteiger partial charge on any atom is -0.494 e. The van der Waals surface area contributed by atoms with Gasteiger partial charge in [-0.25, -0.2) is 13.8 Å². The highest BCUT2D eigenvalue weighted by Gasteiger charge is 2.36. The molecule has 2 aromatic heterocycles. The molecule has 1 amide bonds. The predicted octanol–water partition coefficient (Wildman–Crippen LogP) is 7.62. The summed E-state index contributed by atoms with van der Waals surface area (Å²) in [7, 11) is 0. The maximum atomic E-state index is 14.5. The molecule has 0 spiro atoms. The van der Waals surface area contributed by atoms with Crippen LogP contribution in [0.3, 0.4) is 0 Å². The molecule has 2 bridgehead atoms. The number of nitrogens with one attached hydrogen (secondary N) is 1. The number of ether oxygens (including phenoxy) is 1. The number of halogens is 3. The van der Waals surface area contributed by atoms with E-state index in [4.69, 9.17) is 21.3 Å². The number of alkyl halides is 2. The van der Waals surface area contributed by atoms with Gasteiger partial charge in [0, 0.05) is 47.7 Å². The van der Waals surface area contributed by atoms with Crippen molar-refractivity contribution in [2.45, 2.75) is 52.1 Å². The van der Waals surface area contributed by atoms with Crippen molar-refractivity contribution in [2.75, 3.05) is 19.7 Å². The topological polar surface area (TPSA) is 76.5 Å². The van der Waals surface area contributed by atoms with Crippen LogP contribution >= 0.6 is 22.9 Å². The third kappa shape index (κ3) is 6.32. The Morgan fingerprint density at radius 1 is 1.13 bits per heavy atom. The molecule has 1 N–H and O–H groups in total. The van der Waals surface area contributed by atoms with Crippen LogP contribution in [-0.2, 0) is 0 Å². The number of likely N-dealkylation sites (tertiary alicyclic amines) is 1. The van der Waals surface area contributed by atoms with Crippen LogP contribution < -0.4 is 15.6 Å². The number of allylic oxidation sites excluding steroid dienone is 1. The fourth-order valence-corrected chi connectivity index (χ4v) is 7.03. The zero-order chi connectivity index (χ0) is 31.8. The summed E-state index contributed by atoms with van der Waals surface area (Å²) >= 11 is 8.00. The number of rotatable bonds is 8. The summed E-state index contributed by atoms with van der Waals surface area (Å²) in [5, 5.41) is 6.06. The van der Waals surface area contributed by atoms with Crippen LogP contribution in [-0.4, -0.2) is 52.1 Å². The van der Waals surface area contributed by atoms with Crippen molar-refractivity contribution in [2.24, 2.45) is 0 Å². The Morgan fingerprint density at radius 3 is 2.49 bits per heavy atom. The van der Waals surface area contributed by atoms with Crippen molar-refractivity contribution in [1.82, 2.24) is 19.8 Å². The summed E-state index contributed by atoms with van der Waals surface area (Å²) in [6, 6.07) is 13.1. The molecule has 234 valence electrons. The van der Waals surface area contributed by atoms with Gasteiger partial charge < -0.3 is 15.0 Å². The second-order valence-corrected chi connectivity index (χ2v) is 12.8. The smallest absolute Gasteiger partial charge is 0.265 e. The molecule has 0 radical (unpaired) electrons. The van der Waals surface area contributed by atoms with Crippen LogP contribution in [0.25, 0.3) is 33.6 Å². The summed E-state index contributed by atoms with van der Waals surface area (Å²) in [5.41, 5.74) is 3.01. The molecule has 6 rings (SSSR count). The molecular weight excluding hydrogens is 618 g/mol. The van der Waals surface area contributed by atoms with Crippen molar-refractivity contribution in [3.8, 4) is 33.3 Å². The summed E-state index contributed by atoms with van der Waals surface area (Å²) in [4.78, 5) is 35.5. The first-order valence-corrected chi connectivity index (χ1v) is 16.2. The van der Waals surface area contributed by atoms with Gasteiger partial charge in [-0.3, -0.25) is 14.2 Å². The minimum absolute atomic E-state index is 0.0809. The number of thiazole rings is 1. The molecule has 2 atom stereocenters. The zero-order valence-electron chi connectivity index (χ0n) is 25.1. The van der Waals surface area contributed by atoms with Crippen molar-refractivity contribution in [3.05, 3.63) is 91.7 Å². The third-order valence-corrected chi connectivity index (χ3v) is 9.26. The number of benzene rings is 2. The lowest BCUT2D eigenvalue weighted by molar-refractivity contribution is 0.0696. The van der Waals surface area contributed by atoms with Gasteiger partial charge in [0.15, 0.2) is 0 Å². The number of amides is 1. The van der Waals surface area contributed by atoms with Gasteiger partial charge in [0.1, 0.15) is 10.8 Å². The minimum atomic E-state index is -2.57.